The van der Waals surface area contributed by atoms with E-state index in [1.165, 1.54) is 0 Å². The van der Waals surface area contributed by atoms with Gasteiger partial charge in [-0.1, -0.05) is 0 Å². The van der Waals surface area contributed by atoms with Crippen molar-refractivity contribution < 1.29 is 9.52 Å². The summed E-state index contributed by atoms with van der Waals surface area (Å²) in [5.74, 6) is 0.239. The number of rotatable bonds is 2. The molecule has 1 aromatic carbocycles. The van der Waals surface area contributed by atoms with E-state index in [2.05, 4.69) is 15.2 Å². The van der Waals surface area contributed by atoms with Crippen LogP contribution in [0.15, 0.2) is 59.4 Å². The highest BCUT2D eigenvalue weighted by atomic mass is 16.3. The van der Waals surface area contributed by atoms with Gasteiger partial charge in [0, 0.05) is 16.5 Å². The first kappa shape index (κ1) is 11.7. The van der Waals surface area contributed by atoms with Gasteiger partial charge in [0.1, 0.15) is 5.75 Å². The van der Waals surface area contributed by atoms with Crippen molar-refractivity contribution in [2.75, 3.05) is 0 Å². The van der Waals surface area contributed by atoms with Crippen LogP contribution >= 0.6 is 0 Å². The Kier molecular flexibility index (Phi) is 2.50. The molecule has 3 aromatic heterocycles. The molecule has 0 aliphatic heterocycles. The number of aromatic amines is 1. The molecule has 21 heavy (non-hydrogen) atoms. The molecule has 0 amide bonds. The molecule has 0 aliphatic rings. The molecule has 0 fully saturated rings. The van der Waals surface area contributed by atoms with Gasteiger partial charge in [0.15, 0.2) is 5.65 Å². The van der Waals surface area contributed by atoms with Crippen molar-refractivity contribution >= 4 is 11.0 Å². The predicted molar refractivity (Wildman–Crippen MR) is 78.7 cm³/mol. The maximum absolute atomic E-state index is 9.36. The van der Waals surface area contributed by atoms with Crippen molar-refractivity contribution in [3.8, 4) is 28.3 Å². The van der Waals surface area contributed by atoms with E-state index in [1.807, 2.05) is 30.3 Å². The molecule has 0 aliphatic carbocycles. The van der Waals surface area contributed by atoms with E-state index >= 15 is 0 Å². The molecular formula is C16H11N3O2. The lowest BCUT2D eigenvalue weighted by Gasteiger charge is -2.00. The first-order chi connectivity index (χ1) is 10.3. The number of hydrogen-bond donors (Lipinski definition) is 2. The molecule has 5 nitrogen and oxygen atoms in total. The van der Waals surface area contributed by atoms with Gasteiger partial charge < -0.3 is 9.52 Å². The third-order valence-electron chi connectivity index (χ3n) is 3.39. The van der Waals surface area contributed by atoms with Crippen molar-refractivity contribution in [1.82, 2.24) is 15.2 Å². The van der Waals surface area contributed by atoms with Gasteiger partial charge in [-0.05, 0) is 42.5 Å². The molecule has 5 heteroatoms. The van der Waals surface area contributed by atoms with Crippen molar-refractivity contribution in [2.45, 2.75) is 0 Å². The standard InChI is InChI=1S/C16H11N3O2/c20-12-3-1-10(2-4-12)15-13-5-6-14(11-7-8-21-9-11)17-16(13)19-18-15/h1-9,20H,(H,17,18,19). The van der Waals surface area contributed by atoms with Crippen LogP contribution in [0, 0.1) is 0 Å². The quantitative estimate of drug-likeness (QED) is 0.587. The number of aromatic hydroxyl groups is 1. The van der Waals surface area contributed by atoms with Gasteiger partial charge in [-0.3, -0.25) is 5.10 Å². The topological polar surface area (TPSA) is 74.9 Å². The van der Waals surface area contributed by atoms with Crippen LogP contribution in [0.3, 0.4) is 0 Å². The van der Waals surface area contributed by atoms with Crippen LogP contribution in [0.25, 0.3) is 33.5 Å². The number of aromatic nitrogens is 3. The fraction of sp³-hybridized carbons (Fsp3) is 0. The monoisotopic (exact) mass is 277 g/mol. The fourth-order valence-corrected chi connectivity index (χ4v) is 2.32. The number of nitrogens with one attached hydrogen (secondary N) is 1. The van der Waals surface area contributed by atoms with Crippen molar-refractivity contribution in [3.63, 3.8) is 0 Å². The van der Waals surface area contributed by atoms with Crippen LogP contribution in [0.2, 0.25) is 0 Å². The minimum Gasteiger partial charge on any atom is -0.508 e. The van der Waals surface area contributed by atoms with E-state index < -0.39 is 0 Å². The normalized spacial score (nSPS) is 11.0. The van der Waals surface area contributed by atoms with Crippen LogP contribution < -0.4 is 0 Å². The molecule has 102 valence electrons. The Hall–Kier alpha value is -3.08. The summed E-state index contributed by atoms with van der Waals surface area (Å²) in [6, 6.07) is 12.8. The van der Waals surface area contributed by atoms with Gasteiger partial charge in [0.2, 0.25) is 0 Å². The number of phenolic OH excluding ortho intramolecular Hbond substituents is 1. The van der Waals surface area contributed by atoms with E-state index in [9.17, 15) is 5.11 Å². The first-order valence-corrected chi connectivity index (χ1v) is 6.48. The summed E-state index contributed by atoms with van der Waals surface area (Å²) in [7, 11) is 0. The lowest BCUT2D eigenvalue weighted by molar-refractivity contribution is 0.475. The van der Waals surface area contributed by atoms with E-state index in [0.29, 0.717) is 5.65 Å². The number of H-pyrrole nitrogens is 1. The molecule has 0 spiro atoms. The smallest absolute Gasteiger partial charge is 0.182 e. The number of nitrogens with zero attached hydrogens (tertiary/aromatic N) is 2. The minimum atomic E-state index is 0.239. The molecule has 3 heterocycles. The Morgan fingerprint density at radius 3 is 2.57 bits per heavy atom. The fourth-order valence-electron chi connectivity index (χ4n) is 2.32. The number of fused-ring (bicyclic) bond motifs is 1. The third-order valence-corrected chi connectivity index (χ3v) is 3.39. The zero-order valence-corrected chi connectivity index (χ0v) is 10.9. The molecule has 0 saturated carbocycles. The van der Waals surface area contributed by atoms with Gasteiger partial charge in [0.25, 0.3) is 0 Å². The Balaban J connectivity index is 1.84. The predicted octanol–water partition coefficient (Wildman–Crippen LogP) is 3.59. The van der Waals surface area contributed by atoms with Crippen LogP contribution in [0.5, 0.6) is 5.75 Å². The van der Waals surface area contributed by atoms with Crippen molar-refractivity contribution in [1.29, 1.82) is 0 Å². The minimum absolute atomic E-state index is 0.239. The van der Waals surface area contributed by atoms with Crippen molar-refractivity contribution in [2.24, 2.45) is 0 Å². The molecule has 0 atom stereocenters. The van der Waals surface area contributed by atoms with Gasteiger partial charge >= 0.3 is 0 Å². The summed E-state index contributed by atoms with van der Waals surface area (Å²) in [6.07, 6.45) is 3.27. The lowest BCUT2D eigenvalue weighted by atomic mass is 10.1. The Morgan fingerprint density at radius 2 is 1.81 bits per heavy atom. The molecular weight excluding hydrogens is 266 g/mol. The van der Waals surface area contributed by atoms with Crippen LogP contribution in [-0.2, 0) is 0 Å². The first-order valence-electron chi connectivity index (χ1n) is 6.48. The molecule has 0 radical (unpaired) electrons. The Labute approximate surface area is 119 Å². The van der Waals surface area contributed by atoms with Gasteiger partial charge in [-0.25, -0.2) is 4.98 Å². The average Bonchev–Trinajstić information content (AvgIpc) is 3.17. The summed E-state index contributed by atoms with van der Waals surface area (Å²) in [6.45, 7) is 0. The van der Waals surface area contributed by atoms with E-state index in [0.717, 1.165) is 27.9 Å². The number of furan rings is 1. The molecule has 4 rings (SSSR count). The SMILES string of the molecule is Oc1ccc(-c2[nH]nc3nc(-c4ccoc4)ccc23)cc1. The number of benzene rings is 1. The average molecular weight is 277 g/mol. The van der Waals surface area contributed by atoms with Crippen molar-refractivity contribution in [3.05, 3.63) is 55.0 Å². The van der Waals surface area contributed by atoms with Crippen LogP contribution in [0.1, 0.15) is 0 Å². The van der Waals surface area contributed by atoms with Gasteiger partial charge in [-0.2, -0.15) is 5.10 Å². The second-order valence-electron chi connectivity index (χ2n) is 4.73. The number of phenols is 1. The molecule has 4 aromatic rings. The summed E-state index contributed by atoms with van der Waals surface area (Å²) in [5.41, 5.74) is 4.23. The van der Waals surface area contributed by atoms with Crippen LogP contribution in [-0.4, -0.2) is 20.3 Å². The summed E-state index contributed by atoms with van der Waals surface area (Å²) >= 11 is 0. The summed E-state index contributed by atoms with van der Waals surface area (Å²) in [4.78, 5) is 4.53. The maximum atomic E-state index is 9.36. The maximum Gasteiger partial charge on any atom is 0.182 e. The molecule has 2 N–H and O–H groups in total. The lowest BCUT2D eigenvalue weighted by Crippen LogP contribution is -1.82. The highest BCUT2D eigenvalue weighted by molar-refractivity contribution is 5.91. The molecule has 0 bridgehead atoms. The van der Waals surface area contributed by atoms with E-state index in [-0.39, 0.29) is 5.75 Å². The highest BCUT2D eigenvalue weighted by Crippen LogP contribution is 2.28. The number of pyridine rings is 1. The Morgan fingerprint density at radius 1 is 0.952 bits per heavy atom. The molecule has 0 unspecified atom stereocenters. The third kappa shape index (κ3) is 1.95. The second-order valence-corrected chi connectivity index (χ2v) is 4.73. The van der Waals surface area contributed by atoms with Gasteiger partial charge in [0.05, 0.1) is 23.9 Å². The second kappa shape index (κ2) is 4.49. The zero-order chi connectivity index (χ0) is 14.2. The zero-order valence-electron chi connectivity index (χ0n) is 10.9. The highest BCUT2D eigenvalue weighted by Gasteiger charge is 2.10. The Bertz CT molecular complexity index is 893. The summed E-state index contributed by atoms with van der Waals surface area (Å²) in [5, 5.41) is 17.6. The van der Waals surface area contributed by atoms with E-state index in [4.69, 9.17) is 4.42 Å². The summed E-state index contributed by atoms with van der Waals surface area (Å²) < 4.78 is 5.07. The largest absolute Gasteiger partial charge is 0.508 e. The van der Waals surface area contributed by atoms with Gasteiger partial charge in [-0.15, -0.1) is 0 Å². The van der Waals surface area contributed by atoms with E-state index in [1.54, 1.807) is 24.7 Å². The molecule has 0 saturated heterocycles. The van der Waals surface area contributed by atoms with Crippen LogP contribution in [0.4, 0.5) is 0 Å². The number of hydrogen-bond acceptors (Lipinski definition) is 4.